The van der Waals surface area contributed by atoms with Gasteiger partial charge in [0.15, 0.2) is 5.78 Å². The summed E-state index contributed by atoms with van der Waals surface area (Å²) in [5.74, 6) is -0.0862. The van der Waals surface area contributed by atoms with E-state index >= 15 is 0 Å². The van der Waals surface area contributed by atoms with Crippen LogP contribution >= 0.6 is 0 Å². The van der Waals surface area contributed by atoms with Crippen LogP contribution < -0.4 is 0 Å². The Morgan fingerprint density at radius 2 is 2.00 bits per heavy atom. The first-order valence-corrected chi connectivity index (χ1v) is 5.46. The van der Waals surface area contributed by atoms with Crippen LogP contribution in [0.5, 0.6) is 5.75 Å². The highest BCUT2D eigenvalue weighted by atomic mass is 16.3. The maximum absolute atomic E-state index is 12.2. The van der Waals surface area contributed by atoms with Crippen molar-refractivity contribution in [3.63, 3.8) is 0 Å². The van der Waals surface area contributed by atoms with Crippen molar-refractivity contribution in [1.29, 1.82) is 0 Å². The van der Waals surface area contributed by atoms with Gasteiger partial charge < -0.3 is 9.67 Å². The van der Waals surface area contributed by atoms with E-state index in [9.17, 15) is 9.90 Å². The molecule has 0 bridgehead atoms. The molecule has 88 valence electrons. The molecule has 1 aromatic heterocycles. The van der Waals surface area contributed by atoms with Crippen LogP contribution in [0.4, 0.5) is 0 Å². The average molecular weight is 229 g/mol. The SMILES string of the molecule is Cc1cc(C)c(C(=O)c2ccn(C)c2)c(O)c1. The van der Waals surface area contributed by atoms with Gasteiger partial charge in [0.25, 0.3) is 0 Å². The van der Waals surface area contributed by atoms with Gasteiger partial charge in [-0.05, 0) is 37.1 Å². The number of benzene rings is 1. The fraction of sp³-hybridized carbons (Fsp3) is 0.214. The summed E-state index contributed by atoms with van der Waals surface area (Å²) in [5, 5.41) is 9.88. The van der Waals surface area contributed by atoms with Gasteiger partial charge in [0.2, 0.25) is 0 Å². The highest BCUT2D eigenvalue weighted by molar-refractivity contribution is 6.11. The summed E-state index contributed by atoms with van der Waals surface area (Å²) in [6.45, 7) is 3.73. The highest BCUT2D eigenvalue weighted by Gasteiger charge is 2.17. The Bertz CT molecular complexity index is 559. The van der Waals surface area contributed by atoms with E-state index < -0.39 is 0 Å². The summed E-state index contributed by atoms with van der Waals surface area (Å²) in [4.78, 5) is 12.2. The zero-order chi connectivity index (χ0) is 12.6. The summed E-state index contributed by atoms with van der Waals surface area (Å²) < 4.78 is 1.81. The molecule has 0 amide bonds. The Morgan fingerprint density at radius 1 is 1.29 bits per heavy atom. The maximum atomic E-state index is 12.2. The van der Waals surface area contributed by atoms with Crippen LogP contribution in [-0.4, -0.2) is 15.5 Å². The largest absolute Gasteiger partial charge is 0.507 e. The van der Waals surface area contributed by atoms with Crippen molar-refractivity contribution >= 4 is 5.78 Å². The Hall–Kier alpha value is -2.03. The van der Waals surface area contributed by atoms with Crippen molar-refractivity contribution in [2.24, 2.45) is 7.05 Å². The smallest absolute Gasteiger partial charge is 0.198 e. The van der Waals surface area contributed by atoms with Crippen LogP contribution in [0, 0.1) is 13.8 Å². The molecule has 1 aromatic carbocycles. The fourth-order valence-corrected chi connectivity index (χ4v) is 2.02. The number of carbonyl (C=O) groups excluding carboxylic acids is 1. The molecule has 2 rings (SSSR count). The van der Waals surface area contributed by atoms with Gasteiger partial charge in [-0.3, -0.25) is 4.79 Å². The van der Waals surface area contributed by atoms with Crippen LogP contribution in [0.15, 0.2) is 30.6 Å². The van der Waals surface area contributed by atoms with E-state index in [1.807, 2.05) is 37.7 Å². The molecule has 0 aliphatic heterocycles. The number of carbonyl (C=O) groups is 1. The molecular formula is C14H15NO2. The zero-order valence-corrected chi connectivity index (χ0v) is 10.2. The van der Waals surface area contributed by atoms with Crippen LogP contribution in [0.3, 0.4) is 0 Å². The molecule has 1 N–H and O–H groups in total. The van der Waals surface area contributed by atoms with E-state index in [-0.39, 0.29) is 11.5 Å². The summed E-state index contributed by atoms with van der Waals surface area (Å²) in [7, 11) is 1.86. The van der Waals surface area contributed by atoms with Crippen molar-refractivity contribution in [2.45, 2.75) is 13.8 Å². The first kappa shape index (κ1) is 11.5. The number of aromatic nitrogens is 1. The van der Waals surface area contributed by atoms with Gasteiger partial charge in [-0.25, -0.2) is 0 Å². The second-order valence-corrected chi connectivity index (χ2v) is 4.37. The molecule has 0 aliphatic rings. The monoisotopic (exact) mass is 229 g/mol. The molecule has 0 radical (unpaired) electrons. The number of phenols is 1. The molecular weight excluding hydrogens is 214 g/mol. The standard InChI is InChI=1S/C14H15NO2/c1-9-6-10(2)13(12(16)7-9)14(17)11-4-5-15(3)8-11/h4-8,16H,1-3H3. The molecule has 0 atom stereocenters. The van der Waals surface area contributed by atoms with Crippen molar-refractivity contribution in [3.05, 3.63) is 52.8 Å². The minimum Gasteiger partial charge on any atom is -0.507 e. The lowest BCUT2D eigenvalue weighted by Crippen LogP contribution is -2.03. The Balaban J connectivity index is 2.51. The van der Waals surface area contributed by atoms with E-state index in [1.54, 1.807) is 18.3 Å². The van der Waals surface area contributed by atoms with Crippen molar-refractivity contribution in [2.75, 3.05) is 0 Å². The number of rotatable bonds is 2. The van der Waals surface area contributed by atoms with E-state index in [0.29, 0.717) is 11.1 Å². The number of aryl methyl sites for hydroxylation is 3. The zero-order valence-electron chi connectivity index (χ0n) is 10.2. The molecule has 0 saturated heterocycles. The summed E-state index contributed by atoms with van der Waals surface area (Å²) in [6, 6.07) is 5.26. The quantitative estimate of drug-likeness (QED) is 0.804. The second-order valence-electron chi connectivity index (χ2n) is 4.37. The van der Waals surface area contributed by atoms with Crippen LogP contribution in [0.1, 0.15) is 27.0 Å². The van der Waals surface area contributed by atoms with Crippen molar-refractivity contribution in [3.8, 4) is 5.75 Å². The third-order valence-electron chi connectivity index (χ3n) is 2.78. The topological polar surface area (TPSA) is 42.2 Å². The van der Waals surface area contributed by atoms with E-state index in [4.69, 9.17) is 0 Å². The van der Waals surface area contributed by atoms with Crippen molar-refractivity contribution < 1.29 is 9.90 Å². The average Bonchev–Trinajstić information content (AvgIpc) is 2.63. The number of nitrogens with zero attached hydrogens (tertiary/aromatic N) is 1. The van der Waals surface area contributed by atoms with Gasteiger partial charge in [-0.15, -0.1) is 0 Å². The first-order chi connectivity index (χ1) is 7.99. The van der Waals surface area contributed by atoms with Crippen molar-refractivity contribution in [1.82, 2.24) is 4.57 Å². The molecule has 0 saturated carbocycles. The van der Waals surface area contributed by atoms with Gasteiger partial charge in [0, 0.05) is 25.0 Å². The number of phenolic OH excluding ortho intramolecular Hbond substituents is 1. The lowest BCUT2D eigenvalue weighted by atomic mass is 9.98. The Morgan fingerprint density at radius 3 is 2.53 bits per heavy atom. The molecule has 17 heavy (non-hydrogen) atoms. The normalized spacial score (nSPS) is 10.5. The first-order valence-electron chi connectivity index (χ1n) is 5.46. The lowest BCUT2D eigenvalue weighted by molar-refractivity contribution is 0.103. The van der Waals surface area contributed by atoms with Gasteiger partial charge in [-0.2, -0.15) is 0 Å². The Kier molecular flexibility index (Phi) is 2.76. The van der Waals surface area contributed by atoms with E-state index in [1.165, 1.54) is 0 Å². The third kappa shape index (κ3) is 2.09. The minimum atomic E-state index is -0.138. The van der Waals surface area contributed by atoms with E-state index in [2.05, 4.69) is 0 Å². The molecule has 2 aromatic rings. The molecule has 3 heteroatoms. The van der Waals surface area contributed by atoms with E-state index in [0.717, 1.165) is 11.1 Å². The van der Waals surface area contributed by atoms with Gasteiger partial charge in [0.05, 0.1) is 5.56 Å². The Labute approximate surface area is 100 Å². The number of hydrogen-bond acceptors (Lipinski definition) is 2. The van der Waals surface area contributed by atoms with Crippen LogP contribution in [-0.2, 0) is 7.05 Å². The summed E-state index contributed by atoms with van der Waals surface area (Å²) >= 11 is 0. The number of aromatic hydroxyl groups is 1. The number of hydrogen-bond donors (Lipinski definition) is 1. The molecule has 0 fully saturated rings. The van der Waals surface area contributed by atoms with Gasteiger partial charge in [0.1, 0.15) is 5.75 Å². The predicted molar refractivity (Wildman–Crippen MR) is 66.4 cm³/mol. The van der Waals surface area contributed by atoms with Crippen LogP contribution in [0.2, 0.25) is 0 Å². The highest BCUT2D eigenvalue weighted by Crippen LogP contribution is 2.25. The molecule has 0 unspecified atom stereocenters. The second kappa shape index (κ2) is 4.09. The molecule has 0 spiro atoms. The van der Waals surface area contributed by atoms with Crippen LogP contribution in [0.25, 0.3) is 0 Å². The number of ketones is 1. The lowest BCUT2D eigenvalue weighted by Gasteiger charge is -2.07. The third-order valence-corrected chi connectivity index (χ3v) is 2.78. The summed E-state index contributed by atoms with van der Waals surface area (Å²) in [6.07, 6.45) is 3.56. The van der Waals surface area contributed by atoms with Gasteiger partial charge >= 0.3 is 0 Å². The minimum absolute atomic E-state index is 0.0522. The fourth-order valence-electron chi connectivity index (χ4n) is 2.02. The molecule has 0 aliphatic carbocycles. The predicted octanol–water partition coefficient (Wildman–Crippen LogP) is 2.58. The summed E-state index contributed by atoms with van der Waals surface area (Å²) in [5.41, 5.74) is 2.73. The maximum Gasteiger partial charge on any atom is 0.198 e. The van der Waals surface area contributed by atoms with Gasteiger partial charge in [-0.1, -0.05) is 6.07 Å². The molecule has 3 nitrogen and oxygen atoms in total. The molecule has 1 heterocycles.